The number of hydrogen-bond acceptors (Lipinski definition) is 3. The number of rotatable bonds is 5. The van der Waals surface area contributed by atoms with Crippen LogP contribution in [0.15, 0.2) is 65.1 Å². The zero-order valence-electron chi connectivity index (χ0n) is 15.4. The van der Waals surface area contributed by atoms with Gasteiger partial charge in [0.05, 0.1) is 11.5 Å². The van der Waals surface area contributed by atoms with Crippen LogP contribution in [0.4, 0.5) is 0 Å². The van der Waals surface area contributed by atoms with Gasteiger partial charge < -0.3 is 5.11 Å². The Morgan fingerprint density at radius 1 is 0.962 bits per heavy atom. The number of ketones is 1. The molecule has 3 rings (SSSR count). The van der Waals surface area contributed by atoms with Crippen molar-refractivity contribution >= 4 is 23.5 Å². The molecule has 0 spiro atoms. The zero-order chi connectivity index (χ0) is 19.1. The van der Waals surface area contributed by atoms with Crippen LogP contribution < -0.4 is 0 Å². The highest BCUT2D eigenvalue weighted by Gasteiger charge is 2.35. The Hall–Kier alpha value is -2.33. The molecule has 0 saturated heterocycles. The normalized spacial score (nSPS) is 16.0. The fourth-order valence-corrected chi connectivity index (χ4v) is 3.92. The van der Waals surface area contributed by atoms with E-state index >= 15 is 0 Å². The van der Waals surface area contributed by atoms with Crippen LogP contribution in [-0.4, -0.2) is 23.1 Å². The van der Waals surface area contributed by atoms with Gasteiger partial charge in [0, 0.05) is 5.56 Å². The molecule has 0 heterocycles. The Morgan fingerprint density at radius 2 is 1.54 bits per heavy atom. The van der Waals surface area contributed by atoms with Crippen LogP contribution in [-0.2, 0) is 4.79 Å². The predicted molar refractivity (Wildman–Crippen MR) is 108 cm³/mol. The number of thioether (sulfide) groups is 1. The molecule has 0 aromatic heterocycles. The van der Waals surface area contributed by atoms with E-state index in [1.165, 1.54) is 11.8 Å². The molecule has 1 aliphatic rings. The summed E-state index contributed by atoms with van der Waals surface area (Å²) in [4.78, 5) is 25.1. The zero-order valence-corrected chi connectivity index (χ0v) is 16.2. The lowest BCUT2D eigenvalue weighted by Gasteiger charge is -2.12. The van der Waals surface area contributed by atoms with Crippen LogP contribution in [0.5, 0.6) is 0 Å². The van der Waals surface area contributed by atoms with Crippen LogP contribution in [0.3, 0.4) is 0 Å². The molecule has 1 aliphatic carbocycles. The summed E-state index contributed by atoms with van der Waals surface area (Å²) in [6.07, 6.45) is 3.11. The summed E-state index contributed by atoms with van der Waals surface area (Å²) in [5.74, 6) is -1.61. The van der Waals surface area contributed by atoms with E-state index < -0.39 is 11.9 Å². The molecule has 1 unspecified atom stereocenters. The largest absolute Gasteiger partial charge is 0.478 e. The number of carbonyl (C=O) groups is 2. The summed E-state index contributed by atoms with van der Waals surface area (Å²) in [5.41, 5.74) is 2.98. The van der Waals surface area contributed by atoms with Gasteiger partial charge in [0.1, 0.15) is 0 Å². The number of carboxylic acid groups (broad SMARTS) is 1. The van der Waals surface area contributed by atoms with Crippen molar-refractivity contribution in [2.24, 2.45) is 5.92 Å². The van der Waals surface area contributed by atoms with Crippen molar-refractivity contribution in [1.29, 1.82) is 0 Å². The Morgan fingerprint density at radius 3 is 2.08 bits per heavy atom. The van der Waals surface area contributed by atoms with Crippen molar-refractivity contribution in [1.82, 2.24) is 0 Å². The highest BCUT2D eigenvalue weighted by molar-refractivity contribution is 8.02. The van der Waals surface area contributed by atoms with E-state index in [2.05, 4.69) is 0 Å². The Labute approximate surface area is 159 Å². The minimum Gasteiger partial charge on any atom is -0.478 e. The second-order valence-corrected chi connectivity index (χ2v) is 6.65. The first-order valence-corrected chi connectivity index (χ1v) is 10.0. The van der Waals surface area contributed by atoms with Gasteiger partial charge >= 0.3 is 5.97 Å². The molecule has 0 fully saturated rings. The van der Waals surface area contributed by atoms with Gasteiger partial charge in [0.2, 0.25) is 0 Å². The minimum atomic E-state index is -0.976. The van der Waals surface area contributed by atoms with Crippen molar-refractivity contribution in [3.8, 4) is 11.1 Å². The smallest absolute Gasteiger partial charge is 0.333 e. The van der Waals surface area contributed by atoms with Crippen LogP contribution in [0.1, 0.15) is 37.0 Å². The standard InChI is InChI=1S/C20H18O3S.C2H6/c1-24-17-12-11-16(18(17)20(22)23)19(21)15-9-7-14(8-10-15)13-5-3-2-4-6-13;1-2/h2-10,16H,11-12H2,1H3,(H,22,23);1-2H3. The van der Waals surface area contributed by atoms with E-state index in [0.29, 0.717) is 18.4 Å². The van der Waals surface area contributed by atoms with E-state index in [-0.39, 0.29) is 11.4 Å². The molecule has 0 aliphatic heterocycles. The molecule has 0 bridgehead atoms. The average molecular weight is 368 g/mol. The fraction of sp³-hybridized carbons (Fsp3) is 0.273. The van der Waals surface area contributed by atoms with E-state index in [0.717, 1.165) is 16.0 Å². The van der Waals surface area contributed by atoms with Crippen molar-refractivity contribution < 1.29 is 14.7 Å². The predicted octanol–water partition coefficient (Wildman–Crippen LogP) is 5.67. The molecule has 2 aromatic rings. The number of allylic oxidation sites excluding steroid dienone is 1. The van der Waals surface area contributed by atoms with Gasteiger partial charge in [-0.2, -0.15) is 0 Å². The fourth-order valence-electron chi connectivity index (χ4n) is 3.15. The molecule has 4 heteroatoms. The summed E-state index contributed by atoms with van der Waals surface area (Å²) in [7, 11) is 0. The number of carboxylic acids is 1. The highest BCUT2D eigenvalue weighted by atomic mass is 32.2. The molecule has 2 aromatic carbocycles. The molecule has 1 N–H and O–H groups in total. The molecular formula is C22H24O3S. The highest BCUT2D eigenvalue weighted by Crippen LogP contribution is 2.39. The Balaban J connectivity index is 0.00000117. The number of benzene rings is 2. The lowest BCUT2D eigenvalue weighted by atomic mass is 9.91. The lowest BCUT2D eigenvalue weighted by molar-refractivity contribution is -0.133. The van der Waals surface area contributed by atoms with Gasteiger partial charge in [-0.1, -0.05) is 68.4 Å². The second kappa shape index (κ2) is 9.39. The summed E-state index contributed by atoms with van der Waals surface area (Å²) in [6, 6.07) is 17.4. The molecule has 0 saturated carbocycles. The maximum absolute atomic E-state index is 12.8. The number of carbonyl (C=O) groups excluding carboxylic acids is 1. The van der Waals surface area contributed by atoms with Crippen molar-refractivity contribution in [2.75, 3.05) is 6.26 Å². The molecule has 0 amide bonds. The summed E-state index contributed by atoms with van der Waals surface area (Å²) >= 11 is 1.43. The summed E-state index contributed by atoms with van der Waals surface area (Å²) < 4.78 is 0. The van der Waals surface area contributed by atoms with E-state index in [9.17, 15) is 14.7 Å². The number of aliphatic carboxylic acids is 1. The summed E-state index contributed by atoms with van der Waals surface area (Å²) in [6.45, 7) is 4.00. The quantitative estimate of drug-likeness (QED) is 0.690. The first kappa shape index (κ1) is 20.0. The van der Waals surface area contributed by atoms with E-state index in [4.69, 9.17) is 0 Å². The monoisotopic (exact) mass is 368 g/mol. The second-order valence-electron chi connectivity index (χ2n) is 5.75. The molecule has 26 heavy (non-hydrogen) atoms. The third-order valence-corrected chi connectivity index (χ3v) is 5.30. The molecule has 1 atom stereocenters. The van der Waals surface area contributed by atoms with E-state index in [1.807, 2.05) is 62.6 Å². The van der Waals surface area contributed by atoms with Crippen molar-refractivity contribution in [3.63, 3.8) is 0 Å². The maximum atomic E-state index is 12.8. The molecule has 0 radical (unpaired) electrons. The van der Waals surface area contributed by atoms with Gasteiger partial charge in [-0.05, 0) is 35.1 Å². The first-order valence-electron chi connectivity index (χ1n) is 8.82. The topological polar surface area (TPSA) is 54.4 Å². The molecule has 136 valence electrons. The minimum absolute atomic E-state index is 0.101. The third kappa shape index (κ3) is 4.25. The number of Topliss-reactive ketones (excluding diaryl/α,β-unsaturated/α-hetero) is 1. The van der Waals surface area contributed by atoms with Gasteiger partial charge in [0.25, 0.3) is 0 Å². The molecule has 3 nitrogen and oxygen atoms in total. The average Bonchev–Trinajstić information content (AvgIpc) is 3.14. The SMILES string of the molecule is CC.CSC1=C(C(=O)O)C(C(=O)c2ccc(-c3ccccc3)cc2)CC1. The number of hydrogen-bond donors (Lipinski definition) is 1. The first-order chi connectivity index (χ1) is 12.6. The van der Waals surface area contributed by atoms with Crippen molar-refractivity contribution in [3.05, 3.63) is 70.6 Å². The van der Waals surface area contributed by atoms with Crippen molar-refractivity contribution in [2.45, 2.75) is 26.7 Å². The summed E-state index contributed by atoms with van der Waals surface area (Å²) in [5, 5.41) is 9.45. The van der Waals surface area contributed by atoms with Gasteiger partial charge in [-0.3, -0.25) is 4.79 Å². The lowest BCUT2D eigenvalue weighted by Crippen LogP contribution is -2.19. The maximum Gasteiger partial charge on any atom is 0.333 e. The molecular weight excluding hydrogens is 344 g/mol. The van der Waals surface area contributed by atoms with Crippen LogP contribution in [0, 0.1) is 5.92 Å². The third-order valence-electron chi connectivity index (χ3n) is 4.38. The van der Waals surface area contributed by atoms with Crippen LogP contribution in [0.25, 0.3) is 11.1 Å². The van der Waals surface area contributed by atoms with Crippen LogP contribution in [0.2, 0.25) is 0 Å². The van der Waals surface area contributed by atoms with Gasteiger partial charge in [-0.25, -0.2) is 4.79 Å². The Bertz CT molecular complexity index is 792. The van der Waals surface area contributed by atoms with Gasteiger partial charge in [-0.15, -0.1) is 11.8 Å². The Kier molecular flexibility index (Phi) is 7.22. The van der Waals surface area contributed by atoms with Gasteiger partial charge in [0.15, 0.2) is 5.78 Å². The van der Waals surface area contributed by atoms with Crippen LogP contribution >= 0.6 is 11.8 Å². The van der Waals surface area contributed by atoms with E-state index in [1.54, 1.807) is 12.1 Å².